The van der Waals surface area contributed by atoms with Gasteiger partial charge in [0.25, 0.3) is 0 Å². The maximum atomic E-state index is 9.61. The molecule has 5 nitrogen and oxygen atoms in total. The molecule has 0 amide bonds. The summed E-state index contributed by atoms with van der Waals surface area (Å²) >= 11 is 0. The fourth-order valence-corrected chi connectivity index (χ4v) is 1.76. The van der Waals surface area contributed by atoms with Gasteiger partial charge in [-0.25, -0.2) is 0 Å². The molecule has 0 radical (unpaired) electrons. The fourth-order valence-electron chi connectivity index (χ4n) is 1.76. The first kappa shape index (κ1) is 12.2. The van der Waals surface area contributed by atoms with Gasteiger partial charge in [0.15, 0.2) is 0 Å². The van der Waals surface area contributed by atoms with E-state index in [1.807, 2.05) is 6.07 Å². The van der Waals surface area contributed by atoms with Gasteiger partial charge in [-0.1, -0.05) is 0 Å². The molecule has 1 aliphatic heterocycles. The van der Waals surface area contributed by atoms with Gasteiger partial charge >= 0.3 is 0 Å². The summed E-state index contributed by atoms with van der Waals surface area (Å²) in [5, 5.41) is 9.61. The highest BCUT2D eigenvalue weighted by atomic mass is 16.6. The van der Waals surface area contributed by atoms with Crippen molar-refractivity contribution < 1.29 is 19.3 Å². The Balaban J connectivity index is 2.14. The number of hydrogen-bond donors (Lipinski definition) is 2. The van der Waals surface area contributed by atoms with Gasteiger partial charge < -0.3 is 25.1 Å². The quantitative estimate of drug-likeness (QED) is 0.790. The van der Waals surface area contributed by atoms with Gasteiger partial charge in [0, 0.05) is 12.1 Å². The second kappa shape index (κ2) is 5.35. The molecule has 0 aliphatic carbocycles. The maximum absolute atomic E-state index is 9.61. The van der Waals surface area contributed by atoms with Crippen LogP contribution in [0.25, 0.3) is 0 Å². The number of aliphatic hydroxyl groups is 1. The first-order valence-corrected chi connectivity index (χ1v) is 5.54. The first-order valence-electron chi connectivity index (χ1n) is 5.54. The second-order valence-electron chi connectivity index (χ2n) is 3.94. The van der Waals surface area contributed by atoms with E-state index >= 15 is 0 Å². The SMILES string of the molecule is COc1ccc(OC2COCC2O)c(CN)c1. The maximum Gasteiger partial charge on any atom is 0.150 e. The molecule has 3 N–H and O–H groups in total. The molecule has 1 aliphatic rings. The van der Waals surface area contributed by atoms with Crippen molar-refractivity contribution in [3.8, 4) is 11.5 Å². The smallest absolute Gasteiger partial charge is 0.150 e. The standard InChI is InChI=1S/C12H17NO4/c1-15-9-2-3-11(8(4-9)5-13)17-12-7-16-6-10(12)14/h2-4,10,12,14H,5-7,13H2,1H3. The largest absolute Gasteiger partial charge is 0.497 e. The summed E-state index contributed by atoms with van der Waals surface area (Å²) in [6, 6.07) is 5.43. The first-order chi connectivity index (χ1) is 8.24. The number of hydrogen-bond acceptors (Lipinski definition) is 5. The van der Waals surface area contributed by atoms with Crippen LogP contribution >= 0.6 is 0 Å². The van der Waals surface area contributed by atoms with Crippen LogP contribution in [0, 0.1) is 0 Å². The molecule has 0 bridgehead atoms. The number of nitrogens with two attached hydrogens (primary N) is 1. The molecular weight excluding hydrogens is 222 g/mol. The predicted octanol–water partition coefficient (Wildman–Crippen LogP) is 0.292. The molecule has 0 aromatic heterocycles. The molecule has 2 rings (SSSR count). The van der Waals surface area contributed by atoms with E-state index in [1.165, 1.54) is 0 Å². The lowest BCUT2D eigenvalue weighted by atomic mass is 10.2. The number of ether oxygens (including phenoxy) is 3. The minimum absolute atomic E-state index is 0.318. The van der Waals surface area contributed by atoms with Gasteiger partial charge in [0.2, 0.25) is 0 Å². The summed E-state index contributed by atoms with van der Waals surface area (Å²) in [7, 11) is 1.60. The molecule has 1 aromatic carbocycles. The topological polar surface area (TPSA) is 73.9 Å². The van der Waals surface area contributed by atoms with E-state index in [4.69, 9.17) is 19.9 Å². The molecule has 5 heteroatoms. The van der Waals surface area contributed by atoms with Crippen molar-refractivity contribution in [3.63, 3.8) is 0 Å². The zero-order valence-electron chi connectivity index (χ0n) is 9.76. The molecule has 0 saturated carbocycles. The van der Waals surface area contributed by atoms with Gasteiger partial charge in [-0.15, -0.1) is 0 Å². The van der Waals surface area contributed by atoms with E-state index in [-0.39, 0.29) is 6.10 Å². The van der Waals surface area contributed by atoms with Crippen molar-refractivity contribution in [2.24, 2.45) is 5.73 Å². The van der Waals surface area contributed by atoms with Crippen molar-refractivity contribution >= 4 is 0 Å². The molecule has 1 heterocycles. The Morgan fingerprint density at radius 2 is 2.29 bits per heavy atom. The third kappa shape index (κ3) is 2.69. The Bertz CT molecular complexity index is 383. The van der Waals surface area contributed by atoms with Crippen LogP contribution in [-0.4, -0.2) is 37.6 Å². The number of methoxy groups -OCH3 is 1. The van der Waals surface area contributed by atoms with Crippen molar-refractivity contribution in [2.75, 3.05) is 20.3 Å². The van der Waals surface area contributed by atoms with Crippen LogP contribution in [0.3, 0.4) is 0 Å². The number of aliphatic hydroxyl groups excluding tert-OH is 1. The third-order valence-electron chi connectivity index (χ3n) is 2.77. The highest BCUT2D eigenvalue weighted by Gasteiger charge is 2.28. The normalized spacial score (nSPS) is 23.7. The molecule has 2 unspecified atom stereocenters. The zero-order chi connectivity index (χ0) is 12.3. The fraction of sp³-hybridized carbons (Fsp3) is 0.500. The Morgan fingerprint density at radius 3 is 2.88 bits per heavy atom. The Hall–Kier alpha value is -1.30. The monoisotopic (exact) mass is 239 g/mol. The van der Waals surface area contributed by atoms with Crippen LogP contribution in [0.1, 0.15) is 5.56 Å². The van der Waals surface area contributed by atoms with Gasteiger partial charge in [-0.05, 0) is 18.2 Å². The second-order valence-corrected chi connectivity index (χ2v) is 3.94. The highest BCUT2D eigenvalue weighted by Crippen LogP contribution is 2.26. The average molecular weight is 239 g/mol. The minimum atomic E-state index is -0.581. The van der Waals surface area contributed by atoms with E-state index in [1.54, 1.807) is 19.2 Å². The zero-order valence-corrected chi connectivity index (χ0v) is 9.76. The lowest BCUT2D eigenvalue weighted by Crippen LogP contribution is -2.30. The van der Waals surface area contributed by atoms with E-state index < -0.39 is 6.10 Å². The van der Waals surface area contributed by atoms with Crippen molar-refractivity contribution in [1.29, 1.82) is 0 Å². The van der Waals surface area contributed by atoms with E-state index in [9.17, 15) is 5.11 Å². The van der Waals surface area contributed by atoms with E-state index in [0.717, 1.165) is 11.3 Å². The summed E-state index contributed by atoms with van der Waals surface area (Å²) in [5.41, 5.74) is 6.50. The van der Waals surface area contributed by atoms with Gasteiger partial charge in [-0.3, -0.25) is 0 Å². The Morgan fingerprint density at radius 1 is 1.47 bits per heavy atom. The molecule has 1 saturated heterocycles. The van der Waals surface area contributed by atoms with Crippen LogP contribution in [0.15, 0.2) is 18.2 Å². The molecule has 94 valence electrons. The van der Waals surface area contributed by atoms with E-state index in [0.29, 0.717) is 25.5 Å². The molecule has 1 fully saturated rings. The van der Waals surface area contributed by atoms with Crippen LogP contribution in [0.5, 0.6) is 11.5 Å². The molecule has 1 aromatic rings. The molecular formula is C12H17NO4. The minimum Gasteiger partial charge on any atom is -0.497 e. The summed E-state index contributed by atoms with van der Waals surface area (Å²) in [5.74, 6) is 1.41. The van der Waals surface area contributed by atoms with Gasteiger partial charge in [0.1, 0.15) is 23.7 Å². The highest BCUT2D eigenvalue weighted by molar-refractivity contribution is 5.40. The summed E-state index contributed by atoms with van der Waals surface area (Å²) in [6.45, 7) is 1.08. The van der Waals surface area contributed by atoms with Gasteiger partial charge in [-0.2, -0.15) is 0 Å². The number of rotatable bonds is 4. The van der Waals surface area contributed by atoms with Crippen LogP contribution in [0.2, 0.25) is 0 Å². The number of benzene rings is 1. The van der Waals surface area contributed by atoms with Crippen molar-refractivity contribution in [3.05, 3.63) is 23.8 Å². The van der Waals surface area contributed by atoms with Crippen LogP contribution in [0.4, 0.5) is 0 Å². The Kier molecular flexibility index (Phi) is 3.83. The van der Waals surface area contributed by atoms with Gasteiger partial charge in [0.05, 0.1) is 20.3 Å². The van der Waals surface area contributed by atoms with E-state index in [2.05, 4.69) is 0 Å². The lowest BCUT2D eigenvalue weighted by molar-refractivity contribution is 0.0727. The molecule has 17 heavy (non-hydrogen) atoms. The average Bonchev–Trinajstić information content (AvgIpc) is 2.75. The third-order valence-corrected chi connectivity index (χ3v) is 2.77. The summed E-state index contributed by atoms with van der Waals surface area (Å²) in [6.07, 6.45) is -0.906. The predicted molar refractivity (Wildman–Crippen MR) is 62.1 cm³/mol. The lowest BCUT2D eigenvalue weighted by Gasteiger charge is -2.18. The van der Waals surface area contributed by atoms with Crippen molar-refractivity contribution in [1.82, 2.24) is 0 Å². The summed E-state index contributed by atoms with van der Waals surface area (Å²) in [4.78, 5) is 0. The summed E-state index contributed by atoms with van der Waals surface area (Å²) < 4.78 is 15.9. The van der Waals surface area contributed by atoms with Crippen LogP contribution in [-0.2, 0) is 11.3 Å². The van der Waals surface area contributed by atoms with Crippen LogP contribution < -0.4 is 15.2 Å². The Labute approximate surface area is 100 Å². The van der Waals surface area contributed by atoms with Crippen molar-refractivity contribution in [2.45, 2.75) is 18.8 Å². The molecule has 2 atom stereocenters. The molecule has 0 spiro atoms.